The lowest BCUT2D eigenvalue weighted by Crippen LogP contribution is -2.24. The number of rotatable bonds is 5. The van der Waals surface area contributed by atoms with Crippen molar-refractivity contribution in [2.75, 3.05) is 6.54 Å². The Bertz CT molecular complexity index is 545. The number of imidazole rings is 1. The topological polar surface area (TPSA) is 57.8 Å². The van der Waals surface area contributed by atoms with Crippen molar-refractivity contribution >= 4 is 16.9 Å². The molecule has 4 heteroatoms. The molecule has 0 unspecified atom stereocenters. The maximum absolute atomic E-state index is 11.9. The number of benzene rings is 1. The van der Waals surface area contributed by atoms with Gasteiger partial charge in [0, 0.05) is 18.5 Å². The van der Waals surface area contributed by atoms with E-state index in [1.54, 1.807) is 0 Å². The van der Waals surface area contributed by atoms with Crippen LogP contribution < -0.4 is 5.32 Å². The predicted molar refractivity (Wildman–Crippen MR) is 72.7 cm³/mol. The molecule has 0 bridgehead atoms. The molecule has 0 radical (unpaired) electrons. The van der Waals surface area contributed by atoms with Crippen molar-refractivity contribution in [3.8, 4) is 0 Å². The zero-order valence-corrected chi connectivity index (χ0v) is 10.9. The summed E-state index contributed by atoms with van der Waals surface area (Å²) < 4.78 is 0. The number of amides is 1. The Labute approximate surface area is 107 Å². The average Bonchev–Trinajstić information content (AvgIpc) is 2.80. The molecule has 1 aromatic carbocycles. The standard InChI is InChI=1S/C14H19N3O/c1-3-5-8-15-14(18)10-6-7-11-12(9-10)17-13(4-2)16-11/h6-7,9H,3-5,8H2,1-2H3,(H,15,18)(H,16,17). The summed E-state index contributed by atoms with van der Waals surface area (Å²) in [7, 11) is 0. The molecule has 1 aromatic heterocycles. The van der Waals surface area contributed by atoms with Crippen molar-refractivity contribution in [3.63, 3.8) is 0 Å². The van der Waals surface area contributed by atoms with Crippen LogP contribution in [0.1, 0.15) is 42.9 Å². The highest BCUT2D eigenvalue weighted by Crippen LogP contribution is 2.14. The first-order valence-corrected chi connectivity index (χ1v) is 6.51. The Morgan fingerprint density at radius 1 is 1.39 bits per heavy atom. The van der Waals surface area contributed by atoms with Gasteiger partial charge >= 0.3 is 0 Å². The van der Waals surface area contributed by atoms with Crippen LogP contribution in [0.15, 0.2) is 18.2 Å². The van der Waals surface area contributed by atoms with Gasteiger partial charge in [-0.05, 0) is 24.6 Å². The molecule has 4 nitrogen and oxygen atoms in total. The van der Waals surface area contributed by atoms with E-state index in [1.165, 1.54) is 0 Å². The summed E-state index contributed by atoms with van der Waals surface area (Å²) >= 11 is 0. The summed E-state index contributed by atoms with van der Waals surface area (Å²) in [5.74, 6) is 0.937. The van der Waals surface area contributed by atoms with Crippen molar-refractivity contribution in [1.82, 2.24) is 15.3 Å². The van der Waals surface area contributed by atoms with Gasteiger partial charge in [0.25, 0.3) is 5.91 Å². The molecule has 96 valence electrons. The first-order chi connectivity index (χ1) is 8.74. The lowest BCUT2D eigenvalue weighted by molar-refractivity contribution is 0.0953. The Hall–Kier alpha value is -1.84. The second-order valence-corrected chi connectivity index (χ2v) is 4.38. The maximum atomic E-state index is 11.9. The second-order valence-electron chi connectivity index (χ2n) is 4.38. The SMILES string of the molecule is CCCCNC(=O)c1ccc2nc(CC)[nH]c2c1. The van der Waals surface area contributed by atoms with Gasteiger partial charge in [0.15, 0.2) is 0 Å². The minimum absolute atomic E-state index is 0.0157. The molecule has 2 N–H and O–H groups in total. The van der Waals surface area contributed by atoms with E-state index in [1.807, 2.05) is 18.2 Å². The minimum Gasteiger partial charge on any atom is -0.352 e. The minimum atomic E-state index is -0.0157. The molecule has 0 aliphatic rings. The molecule has 18 heavy (non-hydrogen) atoms. The number of nitrogens with one attached hydrogen (secondary N) is 2. The molecule has 1 amide bonds. The van der Waals surface area contributed by atoms with Gasteiger partial charge in [-0.1, -0.05) is 20.3 Å². The number of carbonyl (C=O) groups is 1. The van der Waals surface area contributed by atoms with E-state index in [0.717, 1.165) is 42.7 Å². The molecule has 0 fully saturated rings. The van der Waals surface area contributed by atoms with Crippen LogP contribution in [0, 0.1) is 0 Å². The predicted octanol–water partition coefficient (Wildman–Crippen LogP) is 2.66. The first kappa shape index (κ1) is 12.6. The number of unbranched alkanes of at least 4 members (excludes halogenated alkanes) is 1. The van der Waals surface area contributed by atoms with Crippen LogP contribution in [0.5, 0.6) is 0 Å². The van der Waals surface area contributed by atoms with E-state index >= 15 is 0 Å². The third kappa shape index (κ3) is 2.70. The monoisotopic (exact) mass is 245 g/mol. The van der Waals surface area contributed by atoms with Crippen LogP contribution in [-0.4, -0.2) is 22.4 Å². The highest BCUT2D eigenvalue weighted by Gasteiger charge is 2.07. The summed E-state index contributed by atoms with van der Waals surface area (Å²) in [6.07, 6.45) is 2.96. The molecule has 2 rings (SSSR count). The molecule has 0 aliphatic heterocycles. The van der Waals surface area contributed by atoms with Crippen molar-refractivity contribution in [1.29, 1.82) is 0 Å². The lowest BCUT2D eigenvalue weighted by atomic mass is 10.2. The van der Waals surface area contributed by atoms with E-state index in [2.05, 4.69) is 29.1 Å². The van der Waals surface area contributed by atoms with Gasteiger partial charge in [-0.3, -0.25) is 4.79 Å². The smallest absolute Gasteiger partial charge is 0.251 e. The third-order valence-electron chi connectivity index (χ3n) is 2.94. The summed E-state index contributed by atoms with van der Waals surface area (Å²) in [5.41, 5.74) is 2.52. The number of aromatic amines is 1. The Morgan fingerprint density at radius 2 is 2.22 bits per heavy atom. The molecule has 0 aliphatic carbocycles. The zero-order valence-electron chi connectivity index (χ0n) is 10.9. The lowest BCUT2D eigenvalue weighted by Gasteiger charge is -2.03. The second kappa shape index (κ2) is 5.67. The fourth-order valence-electron chi connectivity index (χ4n) is 1.85. The number of H-pyrrole nitrogens is 1. The van der Waals surface area contributed by atoms with Gasteiger partial charge in [0.05, 0.1) is 11.0 Å². The highest BCUT2D eigenvalue weighted by atomic mass is 16.1. The number of hydrogen-bond acceptors (Lipinski definition) is 2. The molecule has 2 aromatic rings. The molecule has 0 atom stereocenters. The normalized spacial score (nSPS) is 10.8. The fourth-order valence-corrected chi connectivity index (χ4v) is 1.85. The molecule has 0 saturated carbocycles. The van der Waals surface area contributed by atoms with Gasteiger partial charge in [-0.25, -0.2) is 4.98 Å². The quantitative estimate of drug-likeness (QED) is 0.796. The summed E-state index contributed by atoms with van der Waals surface area (Å²) in [6.45, 7) is 4.89. The van der Waals surface area contributed by atoms with E-state index in [-0.39, 0.29) is 5.91 Å². The van der Waals surface area contributed by atoms with Crippen LogP contribution in [0.25, 0.3) is 11.0 Å². The maximum Gasteiger partial charge on any atom is 0.251 e. The summed E-state index contributed by atoms with van der Waals surface area (Å²) in [6, 6.07) is 5.58. The van der Waals surface area contributed by atoms with Crippen molar-refractivity contribution in [2.24, 2.45) is 0 Å². The van der Waals surface area contributed by atoms with Crippen LogP contribution in [0.4, 0.5) is 0 Å². The molecular formula is C14H19N3O. The van der Waals surface area contributed by atoms with Gasteiger partial charge in [0.1, 0.15) is 5.82 Å². The largest absolute Gasteiger partial charge is 0.352 e. The van der Waals surface area contributed by atoms with Gasteiger partial charge in [0.2, 0.25) is 0 Å². The Kier molecular flexibility index (Phi) is 3.97. The van der Waals surface area contributed by atoms with Crippen LogP contribution >= 0.6 is 0 Å². The molecule has 0 spiro atoms. The average molecular weight is 245 g/mol. The van der Waals surface area contributed by atoms with Crippen LogP contribution in [0.3, 0.4) is 0 Å². The van der Waals surface area contributed by atoms with Crippen molar-refractivity contribution < 1.29 is 4.79 Å². The van der Waals surface area contributed by atoms with Crippen molar-refractivity contribution in [3.05, 3.63) is 29.6 Å². The Balaban J connectivity index is 2.15. The summed E-state index contributed by atoms with van der Waals surface area (Å²) in [5, 5.41) is 2.91. The fraction of sp³-hybridized carbons (Fsp3) is 0.429. The van der Waals surface area contributed by atoms with Crippen LogP contribution in [0.2, 0.25) is 0 Å². The number of hydrogen-bond donors (Lipinski definition) is 2. The Morgan fingerprint density at radius 3 is 2.94 bits per heavy atom. The number of aryl methyl sites for hydroxylation is 1. The molecular weight excluding hydrogens is 226 g/mol. The zero-order chi connectivity index (χ0) is 13.0. The number of nitrogens with zero attached hydrogens (tertiary/aromatic N) is 1. The van der Waals surface area contributed by atoms with Crippen LogP contribution in [-0.2, 0) is 6.42 Å². The van der Waals surface area contributed by atoms with E-state index < -0.39 is 0 Å². The summed E-state index contributed by atoms with van der Waals surface area (Å²) in [4.78, 5) is 19.5. The number of carbonyl (C=O) groups excluding carboxylic acids is 1. The molecule has 0 saturated heterocycles. The number of fused-ring (bicyclic) bond motifs is 1. The van der Waals surface area contributed by atoms with Gasteiger partial charge in [-0.15, -0.1) is 0 Å². The van der Waals surface area contributed by atoms with E-state index in [0.29, 0.717) is 5.56 Å². The highest BCUT2D eigenvalue weighted by molar-refractivity contribution is 5.97. The first-order valence-electron chi connectivity index (χ1n) is 6.51. The third-order valence-corrected chi connectivity index (χ3v) is 2.94. The number of aromatic nitrogens is 2. The van der Waals surface area contributed by atoms with Gasteiger partial charge in [-0.2, -0.15) is 0 Å². The van der Waals surface area contributed by atoms with E-state index in [9.17, 15) is 4.79 Å². The van der Waals surface area contributed by atoms with Gasteiger partial charge < -0.3 is 10.3 Å². The molecule has 1 heterocycles. The van der Waals surface area contributed by atoms with Crippen molar-refractivity contribution in [2.45, 2.75) is 33.1 Å². The van der Waals surface area contributed by atoms with E-state index in [4.69, 9.17) is 0 Å².